The molecule has 7 N–H and O–H groups in total. The van der Waals surface area contributed by atoms with Gasteiger partial charge in [0.25, 0.3) is 11.7 Å². The average molecular weight is 1180 g/mol. The van der Waals surface area contributed by atoms with Crippen molar-refractivity contribution in [3.63, 3.8) is 0 Å². The largest absolute Gasteiger partial charge is 0.507 e. The number of allylic oxidation sites excluding steroid dienone is 2. The van der Waals surface area contributed by atoms with Crippen LogP contribution >= 0.6 is 0 Å². The number of aromatic carboxylic acids is 1. The number of benzene rings is 3. The van der Waals surface area contributed by atoms with Crippen LogP contribution in [0.25, 0.3) is 21.7 Å². The predicted octanol–water partition coefficient (Wildman–Crippen LogP) is 7.76. The van der Waals surface area contributed by atoms with E-state index in [1.807, 2.05) is 0 Å². The van der Waals surface area contributed by atoms with Crippen molar-refractivity contribution in [1.29, 1.82) is 0 Å². The number of amides is 1. The second-order valence-electron chi connectivity index (χ2n) is 22.6. The number of hydrazone groups is 1. The van der Waals surface area contributed by atoms with Gasteiger partial charge in [-0.1, -0.05) is 52.0 Å². The Hall–Kier alpha value is -8.54. The molecule has 5 aromatic rings. The zero-order valence-corrected chi connectivity index (χ0v) is 48.8. The normalized spacial score (nSPS) is 27.1. The number of pyridine rings is 2. The van der Waals surface area contributed by atoms with Crippen LogP contribution in [0.4, 0.5) is 15.8 Å². The Bertz CT molecular complexity index is 3670. The van der Waals surface area contributed by atoms with Crippen molar-refractivity contribution >= 4 is 62.9 Å². The standard InChI is InChI=1S/C62H71FN6O16/c1-29-14-13-15-30(2)60(78)66-47-40(25-65-69(26-36-16-11-12-21-64-36)38-19-22-67(27-38)49-42(63)24-39-48(58(49)82-10)68(37-17-18-37)28-41(53(39)74)61(79)80)54(75)44-45(55(47)76)52(73)34(6)57-46(44)59(77)62(8,85-57)83-23-20-43(81-9)31(3)56(84-35(7)70)33(5)51(72)32(4)50(29)71/h11-16,20-21,23-25,28-29,31-33,37-38,43,50-51,56,71-73,75-76H,17-19,22,26-27H2,1-10H3,(H,66,78)(H,79,80)/b14-13+,23-20+,30-15-,65-25+/t29-,31+,32+,33+,38?,43-,50-,51+,56+,62-/m0/s1. The van der Waals surface area contributed by atoms with E-state index in [2.05, 4.69) is 10.3 Å². The number of carboxylic acid groups (broad SMARTS) is 1. The Balaban J connectivity index is 1.17. The zero-order chi connectivity index (χ0) is 61.7. The molecule has 1 amide bonds. The lowest BCUT2D eigenvalue weighted by Gasteiger charge is -2.38. The van der Waals surface area contributed by atoms with E-state index in [0.717, 1.165) is 12.3 Å². The number of fused-ring (bicyclic) bond motifs is 15. The molecule has 10 rings (SSSR count). The highest BCUT2D eigenvalue weighted by molar-refractivity contribution is 6.24. The summed E-state index contributed by atoms with van der Waals surface area (Å²) >= 11 is 0. The first-order valence-electron chi connectivity index (χ1n) is 28.1. The molecular formula is C62H71FN6O16. The molecular weight excluding hydrogens is 1100 g/mol. The van der Waals surface area contributed by atoms with Gasteiger partial charge in [0, 0.05) is 92.7 Å². The van der Waals surface area contributed by atoms with Gasteiger partial charge in [-0.25, -0.2) is 9.18 Å². The number of rotatable bonds is 11. The number of hydrogen-bond donors (Lipinski definition) is 7. The molecule has 10 atom stereocenters. The van der Waals surface area contributed by atoms with Crippen molar-refractivity contribution in [1.82, 2.24) is 14.6 Å². The number of carbonyl (C=O) groups excluding carboxylic acids is 3. The van der Waals surface area contributed by atoms with Gasteiger partial charge in [-0.2, -0.15) is 5.10 Å². The van der Waals surface area contributed by atoms with Gasteiger partial charge in [-0.05, 0) is 57.4 Å². The number of aliphatic hydroxyl groups excluding tert-OH is 2. The van der Waals surface area contributed by atoms with Crippen LogP contribution in [0.3, 0.4) is 0 Å². The van der Waals surface area contributed by atoms with Gasteiger partial charge < -0.3 is 69.1 Å². The maximum Gasteiger partial charge on any atom is 0.341 e. The number of ether oxygens (including phenoxy) is 5. The van der Waals surface area contributed by atoms with Crippen LogP contribution in [0.2, 0.25) is 0 Å². The monoisotopic (exact) mass is 1170 g/mol. The van der Waals surface area contributed by atoms with Crippen LogP contribution in [0.15, 0.2) is 82.7 Å². The smallest absolute Gasteiger partial charge is 0.341 e. The highest BCUT2D eigenvalue weighted by Gasteiger charge is 2.50. The number of nitrogens with one attached hydrogen (secondary N) is 1. The summed E-state index contributed by atoms with van der Waals surface area (Å²) in [7, 11) is 2.75. The van der Waals surface area contributed by atoms with E-state index in [1.165, 1.54) is 72.6 Å². The number of ketones is 1. The number of esters is 1. The minimum Gasteiger partial charge on any atom is -0.507 e. The summed E-state index contributed by atoms with van der Waals surface area (Å²) < 4.78 is 48.2. The summed E-state index contributed by atoms with van der Waals surface area (Å²) in [6.07, 6.45) is 8.81. The number of aromatic hydroxyl groups is 3. The number of carboxylic acids is 1. The summed E-state index contributed by atoms with van der Waals surface area (Å²) in [4.78, 5) is 73.8. The van der Waals surface area contributed by atoms with Crippen molar-refractivity contribution in [3.05, 3.63) is 117 Å². The fourth-order valence-electron chi connectivity index (χ4n) is 11.8. The SMILES string of the molecule is COc1c(N2CCC(N(Cc3ccccn3)/N=C/c3c4c(O)c5c(O)c(C)c6c(c5c3O)C(=O)[C@@](C)(O/C=C/[C@H](OC)[C@@H](C)[C@@H](OC(C)=O)[C@H](C)[C@H](O)[C@H](C)[C@@H](O)[C@@H](C)/C=C/C=C(/C)C(=O)N4)O6)C2)c(F)cc2c(=O)c(C(=O)O)cn(C3CC3)c12. The summed E-state index contributed by atoms with van der Waals surface area (Å²) in [6, 6.07) is 5.57. The maximum absolute atomic E-state index is 16.7. The van der Waals surface area contributed by atoms with Crippen molar-refractivity contribution < 1.29 is 77.9 Å². The molecule has 85 heavy (non-hydrogen) atoms. The molecule has 23 heteroatoms. The molecule has 1 saturated heterocycles. The molecule has 452 valence electrons. The van der Waals surface area contributed by atoms with E-state index < -0.39 is 129 Å². The first kappa shape index (κ1) is 61.0. The number of anilines is 2. The maximum atomic E-state index is 16.7. The van der Waals surface area contributed by atoms with Crippen LogP contribution < -0.4 is 25.1 Å². The minimum absolute atomic E-state index is 0.0183. The summed E-state index contributed by atoms with van der Waals surface area (Å²) in [5.74, 6) is -11.8. The Morgan fingerprint density at radius 3 is 2.35 bits per heavy atom. The van der Waals surface area contributed by atoms with Crippen molar-refractivity contribution in [2.45, 2.75) is 123 Å². The highest BCUT2D eigenvalue weighted by Crippen LogP contribution is 2.55. The molecule has 2 fully saturated rings. The van der Waals surface area contributed by atoms with Crippen LogP contribution in [-0.2, 0) is 30.3 Å². The molecule has 2 aromatic heterocycles. The molecule has 1 aliphatic carbocycles. The Labute approximate surface area is 489 Å². The number of phenols is 3. The van der Waals surface area contributed by atoms with E-state index in [-0.39, 0.29) is 81.4 Å². The summed E-state index contributed by atoms with van der Waals surface area (Å²) in [5, 5.41) is 78.6. The number of phenolic OH excluding ortho intramolecular Hbond substituents is 3. The number of carbonyl (C=O) groups is 4. The van der Waals surface area contributed by atoms with Crippen molar-refractivity contribution in [2.24, 2.45) is 28.8 Å². The predicted molar refractivity (Wildman–Crippen MR) is 312 cm³/mol. The van der Waals surface area contributed by atoms with E-state index in [4.69, 9.17) is 28.8 Å². The minimum atomic E-state index is -2.18. The summed E-state index contributed by atoms with van der Waals surface area (Å²) in [6.45, 7) is 12.6. The number of halogens is 1. The van der Waals surface area contributed by atoms with E-state index in [1.54, 1.807) is 72.6 Å². The third-order valence-corrected chi connectivity index (χ3v) is 16.9. The molecule has 0 spiro atoms. The number of aromatic nitrogens is 2. The lowest BCUT2D eigenvalue weighted by Crippen LogP contribution is -2.46. The van der Waals surface area contributed by atoms with Gasteiger partial charge in [-0.3, -0.25) is 29.2 Å². The molecule has 6 heterocycles. The molecule has 1 unspecified atom stereocenters. The quantitative estimate of drug-likeness (QED) is 0.0218. The van der Waals surface area contributed by atoms with Crippen molar-refractivity contribution in [2.75, 3.05) is 37.5 Å². The van der Waals surface area contributed by atoms with E-state index >= 15 is 4.39 Å². The Morgan fingerprint density at radius 2 is 1.71 bits per heavy atom. The number of methoxy groups -OCH3 is 2. The summed E-state index contributed by atoms with van der Waals surface area (Å²) in [5.41, 5.74) is -1.57. The molecule has 5 aliphatic rings. The lowest BCUT2D eigenvalue weighted by atomic mass is 9.78. The van der Waals surface area contributed by atoms with Gasteiger partial charge in [0.1, 0.15) is 34.6 Å². The second-order valence-corrected chi connectivity index (χ2v) is 22.6. The van der Waals surface area contributed by atoms with E-state index in [9.17, 15) is 54.6 Å². The number of aliphatic hydroxyl groups is 2. The van der Waals surface area contributed by atoms with Gasteiger partial charge in [0.05, 0.1) is 89.3 Å². The molecule has 0 radical (unpaired) electrons. The number of nitrogens with zero attached hydrogens (tertiary/aromatic N) is 5. The molecule has 5 bridgehead atoms. The molecule has 22 nitrogen and oxygen atoms in total. The van der Waals surface area contributed by atoms with Crippen LogP contribution in [0.1, 0.15) is 111 Å². The highest BCUT2D eigenvalue weighted by atomic mass is 19.1. The molecule has 1 saturated carbocycles. The van der Waals surface area contributed by atoms with E-state index in [0.29, 0.717) is 25.0 Å². The topological polar surface area (TPSA) is 302 Å². The lowest BCUT2D eigenvalue weighted by molar-refractivity contribution is -0.160. The fourth-order valence-corrected chi connectivity index (χ4v) is 11.8. The number of Topliss-reactive ketones (excluding diaryl/α,β-unsaturated/α-hetero) is 1. The third kappa shape index (κ3) is 11.5. The van der Waals surface area contributed by atoms with Crippen LogP contribution in [0, 0.1) is 36.4 Å². The number of hydrogen-bond acceptors (Lipinski definition) is 19. The van der Waals surface area contributed by atoms with Crippen LogP contribution in [0.5, 0.6) is 28.7 Å². The fraction of sp³-hybridized carbons (Fsp3) is 0.435. The third-order valence-electron chi connectivity index (χ3n) is 16.9. The first-order valence-corrected chi connectivity index (χ1v) is 28.1. The first-order chi connectivity index (χ1) is 40.3. The average Bonchev–Trinajstić information content (AvgIpc) is 1.78. The molecule has 3 aromatic carbocycles. The van der Waals surface area contributed by atoms with Gasteiger partial charge >= 0.3 is 17.7 Å². The van der Waals surface area contributed by atoms with Crippen LogP contribution in [-0.4, -0.2) is 139 Å². The van der Waals surface area contributed by atoms with Gasteiger partial charge in [-0.15, -0.1) is 0 Å². The van der Waals surface area contributed by atoms with Crippen molar-refractivity contribution in [3.8, 4) is 28.7 Å². The Morgan fingerprint density at radius 1 is 0.976 bits per heavy atom. The van der Waals surface area contributed by atoms with Gasteiger partial charge in [0.15, 0.2) is 17.3 Å². The second kappa shape index (κ2) is 24.2. The zero-order valence-electron chi connectivity index (χ0n) is 48.8. The van der Waals surface area contributed by atoms with Gasteiger partial charge in [0.2, 0.25) is 5.43 Å². The molecule has 4 aliphatic heterocycles. The Kier molecular flexibility index (Phi) is 17.4.